The maximum Gasteiger partial charge on any atom is -0.00286 e. The van der Waals surface area contributed by atoms with Gasteiger partial charge in [0, 0.05) is 0 Å². The highest BCUT2D eigenvalue weighted by Crippen LogP contribution is 2.08. The summed E-state index contributed by atoms with van der Waals surface area (Å²) in [7, 11) is 0. The van der Waals surface area contributed by atoms with Gasteiger partial charge in [-0.05, 0) is 29.2 Å². The molecule has 12 heavy (non-hydrogen) atoms. The van der Waals surface area contributed by atoms with E-state index in [-0.39, 0.29) is 0 Å². The fourth-order valence-corrected chi connectivity index (χ4v) is 1.50. The molecule has 0 aliphatic heterocycles. The Bertz CT molecular complexity index is 226. The standard InChI is InChI=1S/C11H14S/c1-2-9-12-10-8-11-6-4-3-5-7-11/h3-8,10H,2,9H2,1H3/b10-8-. The lowest BCUT2D eigenvalue weighted by molar-refractivity contribution is 1.11. The van der Waals surface area contributed by atoms with Crippen LogP contribution in [0.5, 0.6) is 0 Å². The predicted octanol–water partition coefficient (Wildman–Crippen LogP) is 3.80. The van der Waals surface area contributed by atoms with E-state index in [2.05, 4.69) is 42.7 Å². The quantitative estimate of drug-likeness (QED) is 0.632. The molecule has 0 amide bonds. The minimum absolute atomic E-state index is 1.21. The zero-order valence-corrected chi connectivity index (χ0v) is 8.18. The van der Waals surface area contributed by atoms with Crippen LogP contribution in [0.15, 0.2) is 35.7 Å². The Morgan fingerprint density at radius 2 is 2.00 bits per heavy atom. The normalized spacial score (nSPS) is 10.8. The van der Waals surface area contributed by atoms with Gasteiger partial charge in [-0.3, -0.25) is 0 Å². The van der Waals surface area contributed by atoms with Gasteiger partial charge in [0.25, 0.3) is 0 Å². The number of rotatable bonds is 4. The first-order chi connectivity index (χ1) is 5.93. The summed E-state index contributed by atoms with van der Waals surface area (Å²) in [5.74, 6) is 1.21. The van der Waals surface area contributed by atoms with E-state index >= 15 is 0 Å². The van der Waals surface area contributed by atoms with E-state index in [0.717, 1.165) is 0 Å². The third-order valence-electron chi connectivity index (χ3n) is 1.48. The van der Waals surface area contributed by atoms with E-state index in [1.54, 1.807) is 0 Å². The average molecular weight is 178 g/mol. The van der Waals surface area contributed by atoms with Crippen molar-refractivity contribution in [1.82, 2.24) is 0 Å². The Morgan fingerprint density at radius 3 is 2.67 bits per heavy atom. The van der Waals surface area contributed by atoms with Crippen LogP contribution >= 0.6 is 11.8 Å². The highest BCUT2D eigenvalue weighted by Gasteiger charge is 1.82. The maximum absolute atomic E-state index is 2.20. The molecule has 0 aromatic heterocycles. The Balaban J connectivity index is 2.36. The molecule has 0 atom stereocenters. The summed E-state index contributed by atoms with van der Waals surface area (Å²) in [4.78, 5) is 0. The molecular weight excluding hydrogens is 164 g/mol. The number of hydrogen-bond donors (Lipinski definition) is 0. The van der Waals surface area contributed by atoms with Crippen LogP contribution in [0.3, 0.4) is 0 Å². The van der Waals surface area contributed by atoms with Gasteiger partial charge in [-0.2, -0.15) is 0 Å². The topological polar surface area (TPSA) is 0 Å². The Morgan fingerprint density at radius 1 is 1.25 bits per heavy atom. The number of hydrogen-bond acceptors (Lipinski definition) is 1. The van der Waals surface area contributed by atoms with Crippen molar-refractivity contribution in [3.05, 3.63) is 41.3 Å². The summed E-state index contributed by atoms with van der Waals surface area (Å²) in [6, 6.07) is 10.4. The van der Waals surface area contributed by atoms with E-state index in [1.807, 2.05) is 17.8 Å². The van der Waals surface area contributed by atoms with Gasteiger partial charge in [0.1, 0.15) is 0 Å². The highest BCUT2D eigenvalue weighted by atomic mass is 32.2. The molecule has 0 radical (unpaired) electrons. The second-order valence-corrected chi connectivity index (χ2v) is 3.60. The molecule has 1 aromatic rings. The van der Waals surface area contributed by atoms with E-state index in [4.69, 9.17) is 0 Å². The largest absolute Gasteiger partial charge is 0.134 e. The summed E-state index contributed by atoms with van der Waals surface area (Å²) >= 11 is 1.87. The van der Waals surface area contributed by atoms with E-state index in [9.17, 15) is 0 Å². The van der Waals surface area contributed by atoms with Crippen LogP contribution in [-0.2, 0) is 0 Å². The van der Waals surface area contributed by atoms with Crippen LogP contribution < -0.4 is 0 Å². The molecule has 0 spiro atoms. The molecule has 0 unspecified atom stereocenters. The van der Waals surface area contributed by atoms with Crippen LogP contribution in [-0.4, -0.2) is 5.75 Å². The van der Waals surface area contributed by atoms with Gasteiger partial charge in [0.15, 0.2) is 0 Å². The zero-order valence-electron chi connectivity index (χ0n) is 7.36. The Kier molecular flexibility index (Phi) is 4.62. The second kappa shape index (κ2) is 5.90. The van der Waals surface area contributed by atoms with Crippen LogP contribution in [0.25, 0.3) is 6.08 Å². The Labute approximate surface area is 78.7 Å². The van der Waals surface area contributed by atoms with Crippen molar-refractivity contribution in [3.8, 4) is 0 Å². The maximum atomic E-state index is 2.20. The fraction of sp³-hybridized carbons (Fsp3) is 0.273. The molecule has 0 aliphatic carbocycles. The van der Waals surface area contributed by atoms with Crippen LogP contribution in [0, 0.1) is 0 Å². The summed E-state index contributed by atoms with van der Waals surface area (Å²) in [5, 5.41) is 2.17. The SMILES string of the molecule is CCCS/C=C\c1ccccc1. The molecule has 1 rings (SSSR count). The Hall–Kier alpha value is -0.690. The van der Waals surface area contributed by atoms with E-state index < -0.39 is 0 Å². The fourth-order valence-electron chi connectivity index (χ4n) is 0.877. The lowest BCUT2D eigenvalue weighted by atomic mass is 10.2. The van der Waals surface area contributed by atoms with Crippen molar-refractivity contribution < 1.29 is 0 Å². The molecule has 0 bridgehead atoms. The van der Waals surface area contributed by atoms with Gasteiger partial charge < -0.3 is 0 Å². The van der Waals surface area contributed by atoms with Crippen molar-refractivity contribution >= 4 is 17.8 Å². The molecule has 0 saturated heterocycles. The zero-order chi connectivity index (χ0) is 8.65. The molecule has 0 aliphatic rings. The molecule has 1 aromatic carbocycles. The average Bonchev–Trinajstić information content (AvgIpc) is 2.14. The predicted molar refractivity (Wildman–Crippen MR) is 58.2 cm³/mol. The summed E-state index contributed by atoms with van der Waals surface area (Å²) < 4.78 is 0. The first-order valence-electron chi connectivity index (χ1n) is 4.26. The first-order valence-corrected chi connectivity index (χ1v) is 5.31. The summed E-state index contributed by atoms with van der Waals surface area (Å²) in [6.45, 7) is 2.20. The second-order valence-electron chi connectivity index (χ2n) is 2.58. The number of benzene rings is 1. The molecule has 0 nitrogen and oxygen atoms in total. The minimum atomic E-state index is 1.21. The molecule has 64 valence electrons. The van der Waals surface area contributed by atoms with Gasteiger partial charge in [-0.15, -0.1) is 11.8 Å². The van der Waals surface area contributed by atoms with Crippen LogP contribution in [0.4, 0.5) is 0 Å². The van der Waals surface area contributed by atoms with Gasteiger partial charge in [-0.25, -0.2) is 0 Å². The molecule has 0 heterocycles. The molecule has 1 heteroatoms. The van der Waals surface area contributed by atoms with Crippen molar-refractivity contribution in [2.75, 3.05) is 5.75 Å². The summed E-state index contributed by atoms with van der Waals surface area (Å²) in [6.07, 6.45) is 3.39. The van der Waals surface area contributed by atoms with Crippen molar-refractivity contribution in [2.45, 2.75) is 13.3 Å². The minimum Gasteiger partial charge on any atom is -0.134 e. The summed E-state index contributed by atoms with van der Waals surface area (Å²) in [5.41, 5.74) is 1.28. The van der Waals surface area contributed by atoms with Crippen molar-refractivity contribution in [3.63, 3.8) is 0 Å². The van der Waals surface area contributed by atoms with Gasteiger partial charge in [0.2, 0.25) is 0 Å². The highest BCUT2D eigenvalue weighted by molar-refractivity contribution is 8.02. The van der Waals surface area contributed by atoms with Crippen molar-refractivity contribution in [1.29, 1.82) is 0 Å². The van der Waals surface area contributed by atoms with Gasteiger partial charge >= 0.3 is 0 Å². The number of thioether (sulfide) groups is 1. The third kappa shape index (κ3) is 3.63. The molecular formula is C11H14S. The van der Waals surface area contributed by atoms with Crippen molar-refractivity contribution in [2.24, 2.45) is 0 Å². The van der Waals surface area contributed by atoms with Gasteiger partial charge in [-0.1, -0.05) is 37.3 Å². The first kappa shape index (κ1) is 9.40. The lowest BCUT2D eigenvalue weighted by Crippen LogP contribution is -1.69. The monoisotopic (exact) mass is 178 g/mol. The van der Waals surface area contributed by atoms with E-state index in [1.165, 1.54) is 17.7 Å². The van der Waals surface area contributed by atoms with Crippen LogP contribution in [0.2, 0.25) is 0 Å². The smallest absolute Gasteiger partial charge is 0.00286 e. The van der Waals surface area contributed by atoms with Crippen LogP contribution in [0.1, 0.15) is 18.9 Å². The molecule has 0 N–H and O–H groups in total. The van der Waals surface area contributed by atoms with E-state index in [0.29, 0.717) is 0 Å². The lowest BCUT2D eigenvalue weighted by Gasteiger charge is -1.91. The molecule has 0 saturated carbocycles. The van der Waals surface area contributed by atoms with Gasteiger partial charge in [0.05, 0.1) is 0 Å². The molecule has 0 fully saturated rings. The third-order valence-corrected chi connectivity index (χ3v) is 2.45.